The van der Waals surface area contributed by atoms with Crippen molar-refractivity contribution in [1.82, 2.24) is 19.5 Å². The molecule has 0 amide bonds. The van der Waals surface area contributed by atoms with E-state index in [2.05, 4.69) is 19.5 Å². The number of imidazole rings is 1. The van der Waals surface area contributed by atoms with Gasteiger partial charge in [-0.15, -0.1) is 0 Å². The van der Waals surface area contributed by atoms with Crippen LogP contribution in [-0.4, -0.2) is 81.0 Å². The summed E-state index contributed by atoms with van der Waals surface area (Å²) in [6, 6.07) is 0. The summed E-state index contributed by atoms with van der Waals surface area (Å²) < 4.78 is 60.2. The summed E-state index contributed by atoms with van der Waals surface area (Å²) in [7, 11) is -12.5. The second-order valence-corrected chi connectivity index (χ2v) is 11.0. The lowest BCUT2D eigenvalue weighted by molar-refractivity contribution is -0.0507. The Bertz CT molecular complexity index is 1080. The van der Waals surface area contributed by atoms with Gasteiger partial charge in [-0.25, -0.2) is 15.0 Å². The molecule has 3 unspecified atom stereocenters. The summed E-state index contributed by atoms with van der Waals surface area (Å²) in [5.41, 5.74) is 6.08. The smallest absolute Gasteiger partial charge is 0.387 e. The number of anilines is 1. The fourth-order valence-corrected chi connectivity index (χ4v) is 5.07. The van der Waals surface area contributed by atoms with Crippen LogP contribution in [0.1, 0.15) is 6.23 Å². The second kappa shape index (κ2) is 8.26. The van der Waals surface area contributed by atoms with Gasteiger partial charge in [-0.2, -0.15) is 8.78 Å². The van der Waals surface area contributed by atoms with Gasteiger partial charge < -0.3 is 39.9 Å². The van der Waals surface area contributed by atoms with E-state index in [4.69, 9.17) is 20.3 Å². The van der Waals surface area contributed by atoms with Gasteiger partial charge in [0.2, 0.25) is 0 Å². The quantitative estimate of drug-likeness (QED) is 0.161. The topological polar surface area (TPSA) is 223 Å². The third-order valence-electron chi connectivity index (χ3n) is 4.33. The van der Waals surface area contributed by atoms with E-state index in [1.54, 1.807) is 6.26 Å². The zero-order valence-corrected chi connectivity index (χ0v) is 18.0. The van der Waals surface area contributed by atoms with Crippen LogP contribution in [0.5, 0.6) is 0 Å². The molecular formula is C12H17F2N5O9P2S. The van der Waals surface area contributed by atoms with Gasteiger partial charge in [0, 0.05) is 0 Å². The van der Waals surface area contributed by atoms with Crippen LogP contribution in [0.3, 0.4) is 0 Å². The molecule has 0 radical (unpaired) electrons. The molecule has 1 aliphatic rings. The molecule has 3 heterocycles. The number of ether oxygens (including phenoxy) is 1. The van der Waals surface area contributed by atoms with Crippen molar-refractivity contribution in [3.05, 3.63) is 6.33 Å². The maximum Gasteiger partial charge on any atom is 0.443 e. The van der Waals surface area contributed by atoms with Crippen molar-refractivity contribution in [2.45, 2.75) is 35.1 Å². The van der Waals surface area contributed by atoms with Gasteiger partial charge in [-0.1, -0.05) is 11.8 Å². The summed E-state index contributed by atoms with van der Waals surface area (Å²) in [4.78, 5) is 38.7. The molecule has 14 nitrogen and oxygen atoms in total. The molecule has 1 saturated heterocycles. The number of rotatable bonds is 7. The number of aliphatic hydroxyl groups excluding tert-OH is 2. The highest BCUT2D eigenvalue weighted by Crippen LogP contribution is 2.73. The number of aromatic nitrogens is 4. The number of aliphatic hydroxyl groups is 2. The van der Waals surface area contributed by atoms with E-state index in [-0.39, 0.29) is 22.1 Å². The number of fused-ring (bicyclic) bond motifs is 1. The Labute approximate surface area is 176 Å². The van der Waals surface area contributed by atoms with Gasteiger partial charge in [0.1, 0.15) is 23.8 Å². The predicted octanol–water partition coefficient (Wildman–Crippen LogP) is -0.320. The first-order valence-electron chi connectivity index (χ1n) is 8.17. The van der Waals surface area contributed by atoms with Crippen molar-refractivity contribution >= 4 is 43.9 Å². The minimum Gasteiger partial charge on any atom is -0.387 e. The summed E-state index contributed by atoms with van der Waals surface area (Å²) in [5.74, 6) is 0.0295. The van der Waals surface area contributed by atoms with Crippen molar-refractivity contribution in [3.8, 4) is 0 Å². The minimum absolute atomic E-state index is 0.0295. The maximum absolute atomic E-state index is 13.5. The second-order valence-electron chi connectivity index (χ2n) is 6.34. The third kappa shape index (κ3) is 4.23. The fraction of sp³-hybridized carbons (Fsp3) is 0.583. The van der Waals surface area contributed by atoms with Crippen LogP contribution in [0.4, 0.5) is 14.6 Å². The van der Waals surface area contributed by atoms with Gasteiger partial charge in [0.05, 0.1) is 12.9 Å². The van der Waals surface area contributed by atoms with Crippen LogP contribution in [0.15, 0.2) is 11.5 Å². The van der Waals surface area contributed by atoms with E-state index in [0.29, 0.717) is 0 Å². The van der Waals surface area contributed by atoms with E-state index in [9.17, 15) is 33.0 Å². The molecule has 7 N–H and O–H groups in total. The Balaban J connectivity index is 1.83. The molecule has 2 aromatic rings. The molecule has 3 rings (SSSR count). The molecule has 31 heavy (non-hydrogen) atoms. The lowest BCUT2D eigenvalue weighted by atomic mass is 10.1. The number of halogens is 2. The van der Waals surface area contributed by atoms with Crippen LogP contribution < -0.4 is 5.73 Å². The maximum atomic E-state index is 13.5. The average Bonchev–Trinajstić information content (AvgIpc) is 3.21. The van der Waals surface area contributed by atoms with Crippen LogP contribution in [-0.2, 0) is 18.4 Å². The van der Waals surface area contributed by atoms with Crippen LogP contribution in [0.2, 0.25) is 0 Å². The highest BCUT2D eigenvalue weighted by molar-refractivity contribution is 7.98. The molecule has 1 aliphatic heterocycles. The SMILES string of the molecule is CSc1nc(N)c2ncn(C3OC(COP(=O)(O)C(F)(F)P(=O)(O)O)[C@@H](O)[C@H]3O)c2n1. The number of nitrogen functional groups attached to an aromatic ring is 1. The highest BCUT2D eigenvalue weighted by Gasteiger charge is 2.65. The molecule has 5 atom stereocenters. The number of hydrogen-bond donors (Lipinski definition) is 6. The Kier molecular flexibility index (Phi) is 6.50. The minimum atomic E-state index is -6.34. The zero-order valence-electron chi connectivity index (χ0n) is 15.4. The Morgan fingerprint density at radius 2 is 1.94 bits per heavy atom. The molecule has 0 bridgehead atoms. The van der Waals surface area contributed by atoms with Gasteiger partial charge in [-0.05, 0) is 6.26 Å². The predicted molar refractivity (Wildman–Crippen MR) is 100 cm³/mol. The van der Waals surface area contributed by atoms with E-state index < -0.39 is 51.7 Å². The van der Waals surface area contributed by atoms with Crippen LogP contribution in [0, 0.1) is 0 Å². The molecule has 0 aliphatic carbocycles. The van der Waals surface area contributed by atoms with E-state index in [1.165, 1.54) is 10.9 Å². The number of nitrogens with two attached hydrogens (primary N) is 1. The fourth-order valence-electron chi connectivity index (χ4n) is 2.71. The van der Waals surface area contributed by atoms with Crippen molar-refractivity contribution in [2.75, 3.05) is 18.6 Å². The number of hydrogen-bond acceptors (Lipinski definition) is 11. The summed E-state index contributed by atoms with van der Waals surface area (Å²) in [6.07, 6.45) is -3.61. The summed E-state index contributed by atoms with van der Waals surface area (Å²) >= 11 is 1.16. The van der Waals surface area contributed by atoms with Crippen LogP contribution >= 0.6 is 27.0 Å². The van der Waals surface area contributed by atoms with Crippen LogP contribution in [0.25, 0.3) is 11.2 Å². The monoisotopic (exact) mass is 507 g/mol. The van der Waals surface area contributed by atoms with E-state index in [0.717, 1.165) is 11.8 Å². The first-order valence-corrected chi connectivity index (χ1v) is 12.6. The van der Waals surface area contributed by atoms with E-state index in [1.807, 2.05) is 0 Å². The van der Waals surface area contributed by atoms with Crippen molar-refractivity contribution in [1.29, 1.82) is 0 Å². The molecule has 174 valence electrons. The average molecular weight is 507 g/mol. The highest BCUT2D eigenvalue weighted by atomic mass is 32.2. The first-order chi connectivity index (χ1) is 14.2. The Morgan fingerprint density at radius 1 is 1.29 bits per heavy atom. The van der Waals surface area contributed by atoms with Crippen molar-refractivity contribution in [2.24, 2.45) is 0 Å². The first kappa shape index (κ1) is 24.4. The summed E-state index contributed by atoms with van der Waals surface area (Å²) in [5, 5.41) is 15.3. The largest absolute Gasteiger partial charge is 0.443 e. The normalized spacial score (nSPS) is 27.0. The lowest BCUT2D eigenvalue weighted by Gasteiger charge is -2.24. The molecule has 19 heteroatoms. The molecule has 2 aromatic heterocycles. The Morgan fingerprint density at radius 3 is 2.52 bits per heavy atom. The third-order valence-corrected chi connectivity index (χ3v) is 8.29. The standard InChI is InChI=1S/C12H17F2N5O9P2S/c1-31-11-17-8(15)5-9(18-11)19(3-16-5)10-7(21)6(20)4(28-10)2-27-30(25,26)12(13,14)29(22,23)24/h3-4,6-7,10,20-21H,2H2,1H3,(H,25,26)(H2,15,17,18)(H2,22,23,24)/t4?,6-,7-,10?/m1/s1. The molecule has 0 spiro atoms. The van der Waals surface area contributed by atoms with Crippen molar-refractivity contribution < 1.29 is 52.1 Å². The Hall–Kier alpha value is -1.26. The summed E-state index contributed by atoms with van der Waals surface area (Å²) in [6.45, 7) is -1.20. The molecule has 0 saturated carbocycles. The zero-order chi connectivity index (χ0) is 23.4. The van der Waals surface area contributed by atoms with Gasteiger partial charge in [-0.3, -0.25) is 13.7 Å². The molecule has 1 fully saturated rings. The van der Waals surface area contributed by atoms with Gasteiger partial charge in [0.15, 0.2) is 22.8 Å². The van der Waals surface area contributed by atoms with Gasteiger partial charge >= 0.3 is 20.6 Å². The van der Waals surface area contributed by atoms with Crippen molar-refractivity contribution in [3.63, 3.8) is 0 Å². The van der Waals surface area contributed by atoms with Gasteiger partial charge in [0.25, 0.3) is 0 Å². The number of thioether (sulfide) groups is 1. The molecule has 0 aromatic carbocycles. The van der Waals surface area contributed by atoms with E-state index >= 15 is 0 Å². The number of nitrogens with zero attached hydrogens (tertiary/aromatic N) is 4. The molecular weight excluding hydrogens is 490 g/mol. The lowest BCUT2D eigenvalue weighted by Crippen LogP contribution is -2.34. The number of alkyl halides is 2.